The smallest absolute Gasteiger partial charge is 0.262 e. The second kappa shape index (κ2) is 6.42. The molecule has 0 unspecified atom stereocenters. The fourth-order valence-electron chi connectivity index (χ4n) is 3.63. The average molecular weight is 395 g/mol. The first-order valence-electron chi connectivity index (χ1n) is 8.98. The van der Waals surface area contributed by atoms with Crippen molar-refractivity contribution in [3.63, 3.8) is 0 Å². The van der Waals surface area contributed by atoms with Crippen LogP contribution in [0.2, 0.25) is 0 Å². The molecule has 7 heteroatoms. The average Bonchev–Trinajstić information content (AvgIpc) is 3.24. The number of rotatable bonds is 3. The number of aryl methyl sites for hydroxylation is 3. The second-order valence-corrected chi connectivity index (χ2v) is 8.86. The summed E-state index contributed by atoms with van der Waals surface area (Å²) in [6.45, 7) is 1.98. The molecule has 1 aliphatic rings. The molecular formula is C20H18N4OS2. The normalized spacial score (nSPS) is 13.6. The second-order valence-electron chi connectivity index (χ2n) is 6.83. The van der Waals surface area contributed by atoms with Crippen molar-refractivity contribution in [1.29, 1.82) is 0 Å². The van der Waals surface area contributed by atoms with Crippen LogP contribution in [-0.2, 0) is 25.6 Å². The SMILES string of the molecule is Cc1nc2ccccc2nc1CSc1nc2sc3c(c2c(=O)n1C)CCC3. The lowest BCUT2D eigenvalue weighted by molar-refractivity contribution is 0.726. The van der Waals surface area contributed by atoms with E-state index in [0.29, 0.717) is 5.75 Å². The highest BCUT2D eigenvalue weighted by molar-refractivity contribution is 7.98. The van der Waals surface area contributed by atoms with E-state index in [4.69, 9.17) is 9.97 Å². The molecule has 0 aliphatic heterocycles. The standard InChI is InChI=1S/C20H18N4OS2/c1-11-15(22-14-8-4-3-7-13(14)21-11)10-26-20-23-18-17(19(25)24(20)2)12-6-5-9-16(12)27-18/h3-4,7-8H,5-6,9-10H2,1-2H3. The molecule has 0 fully saturated rings. The summed E-state index contributed by atoms with van der Waals surface area (Å²) in [5.41, 5.74) is 4.96. The lowest BCUT2D eigenvalue weighted by atomic mass is 10.2. The van der Waals surface area contributed by atoms with Crippen LogP contribution in [-0.4, -0.2) is 19.5 Å². The van der Waals surface area contributed by atoms with E-state index >= 15 is 0 Å². The Balaban J connectivity index is 1.51. The maximum atomic E-state index is 12.9. The third-order valence-corrected chi connectivity index (χ3v) is 7.31. The Morgan fingerprint density at radius 2 is 1.93 bits per heavy atom. The van der Waals surface area contributed by atoms with E-state index in [-0.39, 0.29) is 5.56 Å². The fraction of sp³-hybridized carbons (Fsp3) is 0.300. The van der Waals surface area contributed by atoms with Crippen molar-refractivity contribution in [2.24, 2.45) is 7.05 Å². The Kier molecular flexibility index (Phi) is 4.02. The van der Waals surface area contributed by atoms with Crippen molar-refractivity contribution in [2.45, 2.75) is 37.1 Å². The van der Waals surface area contributed by atoms with Gasteiger partial charge in [0, 0.05) is 17.7 Å². The third kappa shape index (κ3) is 2.76. The quantitative estimate of drug-likeness (QED) is 0.388. The summed E-state index contributed by atoms with van der Waals surface area (Å²) in [7, 11) is 1.81. The molecule has 0 saturated heterocycles. The van der Waals surface area contributed by atoms with Crippen LogP contribution < -0.4 is 5.56 Å². The summed E-state index contributed by atoms with van der Waals surface area (Å²) in [5, 5.41) is 1.57. The highest BCUT2D eigenvalue weighted by Gasteiger charge is 2.22. The number of hydrogen-bond acceptors (Lipinski definition) is 6. The third-order valence-electron chi connectivity index (χ3n) is 5.09. The monoisotopic (exact) mass is 394 g/mol. The summed E-state index contributed by atoms with van der Waals surface area (Å²) in [5.74, 6) is 0.639. The van der Waals surface area contributed by atoms with Crippen molar-refractivity contribution >= 4 is 44.3 Å². The van der Waals surface area contributed by atoms with E-state index in [1.165, 1.54) is 10.4 Å². The van der Waals surface area contributed by atoms with Crippen molar-refractivity contribution in [1.82, 2.24) is 19.5 Å². The first-order valence-corrected chi connectivity index (χ1v) is 10.8. The van der Waals surface area contributed by atoms with Gasteiger partial charge in [-0.1, -0.05) is 23.9 Å². The van der Waals surface area contributed by atoms with Crippen molar-refractivity contribution < 1.29 is 0 Å². The summed E-state index contributed by atoms with van der Waals surface area (Å²) in [6.07, 6.45) is 3.23. The van der Waals surface area contributed by atoms with Crippen molar-refractivity contribution in [3.05, 3.63) is 56.4 Å². The number of aromatic nitrogens is 4. The Morgan fingerprint density at radius 3 is 2.74 bits per heavy atom. The Hall–Kier alpha value is -2.25. The van der Waals surface area contributed by atoms with Gasteiger partial charge in [0.05, 0.1) is 27.8 Å². The largest absolute Gasteiger partial charge is 0.290 e. The van der Waals surface area contributed by atoms with E-state index in [1.807, 2.05) is 38.2 Å². The van der Waals surface area contributed by atoms with E-state index in [9.17, 15) is 4.79 Å². The molecule has 136 valence electrons. The molecular weight excluding hydrogens is 376 g/mol. The zero-order valence-corrected chi connectivity index (χ0v) is 16.8. The highest BCUT2D eigenvalue weighted by atomic mass is 32.2. The number of fused-ring (bicyclic) bond motifs is 4. The van der Waals surface area contributed by atoms with Gasteiger partial charge in [-0.15, -0.1) is 11.3 Å². The predicted octanol–water partition coefficient (Wildman–Crippen LogP) is 4.03. The molecule has 0 spiro atoms. The van der Waals surface area contributed by atoms with Gasteiger partial charge in [-0.3, -0.25) is 9.36 Å². The van der Waals surface area contributed by atoms with Gasteiger partial charge in [-0.2, -0.15) is 0 Å². The van der Waals surface area contributed by atoms with Crippen LogP contribution in [0.3, 0.4) is 0 Å². The number of thioether (sulfide) groups is 1. The first-order chi connectivity index (χ1) is 13.1. The number of para-hydroxylation sites is 2. The van der Waals surface area contributed by atoms with Gasteiger partial charge in [0.1, 0.15) is 4.83 Å². The summed E-state index contributed by atoms with van der Waals surface area (Å²) in [4.78, 5) is 29.3. The van der Waals surface area contributed by atoms with Gasteiger partial charge >= 0.3 is 0 Å². The molecule has 3 heterocycles. The topological polar surface area (TPSA) is 60.7 Å². The maximum Gasteiger partial charge on any atom is 0.262 e. The number of hydrogen-bond donors (Lipinski definition) is 0. The summed E-state index contributed by atoms with van der Waals surface area (Å²) < 4.78 is 1.68. The zero-order chi connectivity index (χ0) is 18.5. The van der Waals surface area contributed by atoms with Gasteiger partial charge < -0.3 is 0 Å². The summed E-state index contributed by atoms with van der Waals surface area (Å²) in [6, 6.07) is 7.89. The lowest BCUT2D eigenvalue weighted by Crippen LogP contribution is -2.20. The zero-order valence-electron chi connectivity index (χ0n) is 15.2. The molecule has 0 saturated carbocycles. The predicted molar refractivity (Wildman–Crippen MR) is 111 cm³/mol. The highest BCUT2D eigenvalue weighted by Crippen LogP contribution is 2.35. The van der Waals surface area contributed by atoms with Crippen LogP contribution in [0.4, 0.5) is 0 Å². The Labute approximate surface area is 164 Å². The van der Waals surface area contributed by atoms with Crippen LogP contribution >= 0.6 is 23.1 Å². The molecule has 3 aromatic heterocycles. The maximum absolute atomic E-state index is 12.9. The fourth-order valence-corrected chi connectivity index (χ4v) is 5.91. The number of thiophene rings is 1. The lowest BCUT2D eigenvalue weighted by Gasteiger charge is -2.09. The molecule has 1 aromatic carbocycles. The van der Waals surface area contributed by atoms with Gasteiger partial charge in [0.15, 0.2) is 5.16 Å². The minimum atomic E-state index is 0.0724. The Bertz CT molecular complexity index is 1260. The summed E-state index contributed by atoms with van der Waals surface area (Å²) >= 11 is 3.23. The molecule has 0 amide bonds. The molecule has 0 bridgehead atoms. The van der Waals surface area contributed by atoms with Gasteiger partial charge in [0.25, 0.3) is 5.56 Å². The number of benzene rings is 1. The van der Waals surface area contributed by atoms with Gasteiger partial charge in [-0.05, 0) is 43.9 Å². The molecule has 1 aliphatic carbocycles. The first kappa shape index (κ1) is 16.9. The number of nitrogens with zero attached hydrogens (tertiary/aromatic N) is 4. The van der Waals surface area contributed by atoms with E-state index in [0.717, 1.165) is 57.1 Å². The van der Waals surface area contributed by atoms with Crippen molar-refractivity contribution in [3.8, 4) is 0 Å². The van der Waals surface area contributed by atoms with Crippen molar-refractivity contribution in [2.75, 3.05) is 0 Å². The van der Waals surface area contributed by atoms with Gasteiger partial charge in [0.2, 0.25) is 0 Å². The molecule has 4 aromatic rings. The Morgan fingerprint density at radius 1 is 1.15 bits per heavy atom. The molecule has 27 heavy (non-hydrogen) atoms. The molecule has 0 N–H and O–H groups in total. The van der Waals surface area contributed by atoms with Gasteiger partial charge in [-0.25, -0.2) is 15.0 Å². The van der Waals surface area contributed by atoms with Crippen LogP contribution in [0.1, 0.15) is 28.2 Å². The molecule has 0 radical (unpaired) electrons. The van der Waals surface area contributed by atoms with Crippen LogP contribution in [0.15, 0.2) is 34.2 Å². The van der Waals surface area contributed by atoms with E-state index in [1.54, 1.807) is 27.7 Å². The van der Waals surface area contributed by atoms with Crippen LogP contribution in [0.5, 0.6) is 0 Å². The van der Waals surface area contributed by atoms with Crippen LogP contribution in [0, 0.1) is 6.92 Å². The van der Waals surface area contributed by atoms with Crippen LogP contribution in [0.25, 0.3) is 21.3 Å². The minimum Gasteiger partial charge on any atom is -0.290 e. The van der Waals surface area contributed by atoms with E-state index in [2.05, 4.69) is 4.98 Å². The molecule has 0 atom stereocenters. The molecule has 5 nitrogen and oxygen atoms in total. The van der Waals surface area contributed by atoms with E-state index < -0.39 is 0 Å². The molecule has 5 rings (SSSR count). The minimum absolute atomic E-state index is 0.0724.